The molecule has 0 atom stereocenters. The summed E-state index contributed by atoms with van der Waals surface area (Å²) in [5.41, 5.74) is 7.43. The molecule has 0 saturated carbocycles. The highest BCUT2D eigenvalue weighted by atomic mass is 79.9. The lowest BCUT2D eigenvalue weighted by molar-refractivity contribution is 0.583. The van der Waals surface area contributed by atoms with E-state index in [-0.39, 0.29) is 6.54 Å². The van der Waals surface area contributed by atoms with Crippen molar-refractivity contribution in [2.45, 2.75) is 17.3 Å². The molecule has 7 heteroatoms. The summed E-state index contributed by atoms with van der Waals surface area (Å²) in [4.78, 5) is 0. The molecule has 0 spiro atoms. The van der Waals surface area contributed by atoms with Crippen LogP contribution >= 0.6 is 27.3 Å². The first kappa shape index (κ1) is 14.7. The largest absolute Gasteiger partial charge is 0.326 e. The van der Waals surface area contributed by atoms with Crippen LogP contribution in [0.2, 0.25) is 0 Å². The monoisotopic (exact) mass is 360 g/mol. The van der Waals surface area contributed by atoms with E-state index < -0.39 is 10.0 Å². The summed E-state index contributed by atoms with van der Waals surface area (Å²) in [6.45, 7) is 0.748. The fourth-order valence-corrected chi connectivity index (χ4v) is 4.56. The number of rotatable bonds is 5. The van der Waals surface area contributed by atoms with Crippen LogP contribution in [-0.2, 0) is 23.1 Å². The normalized spacial score (nSPS) is 11.7. The second-order valence-corrected chi connectivity index (χ2v) is 8.36. The van der Waals surface area contributed by atoms with Gasteiger partial charge in [0.05, 0.1) is 3.79 Å². The first-order chi connectivity index (χ1) is 9.01. The Morgan fingerprint density at radius 2 is 1.74 bits per heavy atom. The molecule has 0 aliphatic heterocycles. The predicted octanol–water partition coefficient (Wildman–Crippen LogP) is 2.45. The third-order valence-electron chi connectivity index (χ3n) is 2.54. The van der Waals surface area contributed by atoms with E-state index in [2.05, 4.69) is 20.7 Å². The molecule has 3 N–H and O–H groups in total. The zero-order chi connectivity index (χ0) is 13.9. The van der Waals surface area contributed by atoms with Gasteiger partial charge in [0.2, 0.25) is 10.0 Å². The number of hydrogen-bond acceptors (Lipinski definition) is 4. The minimum atomic E-state index is -3.44. The zero-order valence-electron chi connectivity index (χ0n) is 9.97. The summed E-state index contributed by atoms with van der Waals surface area (Å²) < 4.78 is 27.7. The van der Waals surface area contributed by atoms with Crippen molar-refractivity contribution < 1.29 is 8.42 Å². The number of nitrogens with one attached hydrogen (secondary N) is 1. The van der Waals surface area contributed by atoms with Gasteiger partial charge in [0.1, 0.15) is 4.21 Å². The molecule has 0 unspecified atom stereocenters. The number of sulfonamides is 1. The van der Waals surface area contributed by atoms with Crippen LogP contribution in [0.15, 0.2) is 44.4 Å². The fraction of sp³-hybridized carbons (Fsp3) is 0.167. The van der Waals surface area contributed by atoms with Crippen molar-refractivity contribution in [3.8, 4) is 0 Å². The second kappa shape index (κ2) is 6.15. The predicted molar refractivity (Wildman–Crippen MR) is 80.4 cm³/mol. The van der Waals surface area contributed by atoms with Crippen molar-refractivity contribution >= 4 is 37.3 Å². The minimum absolute atomic E-state index is 0.267. The van der Waals surface area contributed by atoms with E-state index >= 15 is 0 Å². The number of benzene rings is 1. The summed E-state index contributed by atoms with van der Waals surface area (Å²) in [7, 11) is -3.44. The second-order valence-electron chi connectivity index (χ2n) is 3.90. The Balaban J connectivity index is 2.05. The molecular weight excluding hydrogens is 348 g/mol. The number of nitrogens with two attached hydrogens (primary N) is 1. The third kappa shape index (κ3) is 3.87. The SMILES string of the molecule is NCc1ccc(CNS(=O)(=O)c2ccc(Br)s2)cc1. The molecule has 0 bridgehead atoms. The van der Waals surface area contributed by atoms with Crippen LogP contribution in [0.25, 0.3) is 0 Å². The zero-order valence-corrected chi connectivity index (χ0v) is 13.2. The van der Waals surface area contributed by atoms with E-state index in [9.17, 15) is 8.42 Å². The standard InChI is InChI=1S/C12H13BrN2O2S2/c13-11-5-6-12(18-11)19(16,17)15-8-10-3-1-9(7-14)2-4-10/h1-6,15H,7-8,14H2. The van der Waals surface area contributed by atoms with Gasteiger partial charge in [-0.2, -0.15) is 0 Å². The number of thiophene rings is 1. The molecule has 1 aromatic heterocycles. The van der Waals surface area contributed by atoms with E-state index in [4.69, 9.17) is 5.73 Å². The van der Waals surface area contributed by atoms with Crippen molar-refractivity contribution in [3.63, 3.8) is 0 Å². The topological polar surface area (TPSA) is 72.2 Å². The van der Waals surface area contributed by atoms with Gasteiger partial charge in [0.25, 0.3) is 0 Å². The van der Waals surface area contributed by atoms with Crippen LogP contribution in [0.5, 0.6) is 0 Å². The summed E-state index contributed by atoms with van der Waals surface area (Å²) in [5, 5.41) is 0. The van der Waals surface area contributed by atoms with Gasteiger partial charge >= 0.3 is 0 Å². The average Bonchev–Trinajstić information content (AvgIpc) is 2.85. The maximum absolute atomic E-state index is 12.0. The fourth-order valence-electron chi connectivity index (χ4n) is 1.48. The van der Waals surface area contributed by atoms with Gasteiger partial charge in [0.15, 0.2) is 0 Å². The highest BCUT2D eigenvalue weighted by molar-refractivity contribution is 9.11. The Bertz CT molecular complexity index is 651. The summed E-state index contributed by atoms with van der Waals surface area (Å²) in [5.74, 6) is 0. The van der Waals surface area contributed by atoms with E-state index in [0.717, 1.165) is 14.9 Å². The molecule has 0 aliphatic carbocycles. The molecule has 2 rings (SSSR count). The quantitative estimate of drug-likeness (QED) is 0.859. The Labute approximate surface area is 124 Å². The molecule has 19 heavy (non-hydrogen) atoms. The molecule has 1 aromatic carbocycles. The van der Waals surface area contributed by atoms with Gasteiger partial charge in [-0.1, -0.05) is 24.3 Å². The Morgan fingerprint density at radius 1 is 1.11 bits per heavy atom. The average molecular weight is 361 g/mol. The molecule has 0 saturated heterocycles. The maximum Gasteiger partial charge on any atom is 0.250 e. The van der Waals surface area contributed by atoms with Gasteiger partial charge in [-0.3, -0.25) is 0 Å². The van der Waals surface area contributed by atoms with Gasteiger partial charge in [-0.05, 0) is 39.2 Å². The molecule has 2 aromatic rings. The lowest BCUT2D eigenvalue weighted by Crippen LogP contribution is -2.22. The smallest absolute Gasteiger partial charge is 0.250 e. The lowest BCUT2D eigenvalue weighted by atomic mass is 10.1. The number of hydrogen-bond donors (Lipinski definition) is 2. The molecule has 0 amide bonds. The van der Waals surface area contributed by atoms with E-state index in [1.165, 1.54) is 11.3 Å². The first-order valence-electron chi connectivity index (χ1n) is 5.54. The maximum atomic E-state index is 12.0. The van der Waals surface area contributed by atoms with E-state index in [1.54, 1.807) is 12.1 Å². The van der Waals surface area contributed by atoms with E-state index in [0.29, 0.717) is 10.8 Å². The summed E-state index contributed by atoms with van der Waals surface area (Å²) in [6, 6.07) is 10.8. The molecule has 0 aliphatic rings. The highest BCUT2D eigenvalue weighted by Gasteiger charge is 2.15. The molecule has 0 fully saturated rings. The summed E-state index contributed by atoms with van der Waals surface area (Å²) in [6.07, 6.45) is 0. The van der Waals surface area contributed by atoms with Gasteiger partial charge in [0, 0.05) is 13.1 Å². The molecule has 0 radical (unpaired) electrons. The Hall–Kier alpha value is -0.730. The van der Waals surface area contributed by atoms with Crippen molar-refractivity contribution in [2.75, 3.05) is 0 Å². The molecule has 102 valence electrons. The molecule has 1 heterocycles. The first-order valence-corrected chi connectivity index (χ1v) is 8.63. The van der Waals surface area contributed by atoms with Crippen molar-refractivity contribution in [1.82, 2.24) is 4.72 Å². The van der Waals surface area contributed by atoms with Gasteiger partial charge < -0.3 is 5.73 Å². The van der Waals surface area contributed by atoms with Crippen molar-refractivity contribution in [2.24, 2.45) is 5.73 Å². The van der Waals surface area contributed by atoms with Crippen LogP contribution < -0.4 is 10.5 Å². The van der Waals surface area contributed by atoms with Crippen LogP contribution in [0, 0.1) is 0 Å². The van der Waals surface area contributed by atoms with Crippen LogP contribution in [0.4, 0.5) is 0 Å². The van der Waals surface area contributed by atoms with Crippen LogP contribution in [-0.4, -0.2) is 8.42 Å². The minimum Gasteiger partial charge on any atom is -0.326 e. The summed E-state index contributed by atoms with van der Waals surface area (Å²) >= 11 is 4.44. The third-order valence-corrected chi connectivity index (χ3v) is 6.06. The van der Waals surface area contributed by atoms with Crippen molar-refractivity contribution in [1.29, 1.82) is 0 Å². The van der Waals surface area contributed by atoms with Crippen molar-refractivity contribution in [3.05, 3.63) is 51.3 Å². The molecular formula is C12H13BrN2O2S2. The molecule has 4 nitrogen and oxygen atoms in total. The van der Waals surface area contributed by atoms with Crippen LogP contribution in [0.1, 0.15) is 11.1 Å². The Morgan fingerprint density at radius 3 is 2.26 bits per heavy atom. The number of halogens is 1. The van der Waals surface area contributed by atoms with Gasteiger partial charge in [-0.15, -0.1) is 11.3 Å². The van der Waals surface area contributed by atoms with E-state index in [1.807, 2.05) is 24.3 Å². The lowest BCUT2D eigenvalue weighted by Gasteiger charge is -2.05. The van der Waals surface area contributed by atoms with Gasteiger partial charge in [-0.25, -0.2) is 13.1 Å². The van der Waals surface area contributed by atoms with Crippen LogP contribution in [0.3, 0.4) is 0 Å². The highest BCUT2D eigenvalue weighted by Crippen LogP contribution is 2.25. The Kier molecular flexibility index (Phi) is 4.75.